The van der Waals surface area contributed by atoms with Crippen molar-refractivity contribution in [2.24, 2.45) is 35.5 Å². The highest BCUT2D eigenvalue weighted by atomic mass is 35.5. The van der Waals surface area contributed by atoms with Crippen molar-refractivity contribution in [1.29, 1.82) is 0 Å². The lowest BCUT2D eigenvalue weighted by atomic mass is 9.68. The molecule has 1 aromatic heterocycles. The summed E-state index contributed by atoms with van der Waals surface area (Å²) in [6.07, 6.45) is 0.880. The smallest absolute Gasteiger partial charge is 0.326 e. The molecule has 2 bridgehead atoms. The summed E-state index contributed by atoms with van der Waals surface area (Å²) in [6, 6.07) is 11.1. The molecule has 0 spiro atoms. The number of aliphatic carboxylic acids is 1. The van der Waals surface area contributed by atoms with Crippen LogP contribution in [-0.2, 0) is 19.2 Å². The topological polar surface area (TPSA) is 155 Å². The first-order valence-electron chi connectivity index (χ1n) is 16.4. The van der Waals surface area contributed by atoms with Gasteiger partial charge in [-0.3, -0.25) is 24.1 Å². The summed E-state index contributed by atoms with van der Waals surface area (Å²) >= 11 is 8.66. The van der Waals surface area contributed by atoms with Crippen LogP contribution in [0.4, 0.5) is 5.69 Å². The van der Waals surface area contributed by atoms with E-state index in [0.29, 0.717) is 35.2 Å². The quantitative estimate of drug-likeness (QED) is 0.218. The number of halogens is 1. The van der Waals surface area contributed by atoms with Crippen molar-refractivity contribution < 1.29 is 33.8 Å². The zero-order valence-electron chi connectivity index (χ0n) is 27.0. The van der Waals surface area contributed by atoms with Gasteiger partial charge in [-0.15, -0.1) is 11.8 Å². The second-order valence-corrected chi connectivity index (χ2v) is 16.1. The van der Waals surface area contributed by atoms with Crippen LogP contribution in [0.5, 0.6) is 11.5 Å². The maximum atomic E-state index is 14.0. The Labute approximate surface area is 295 Å². The summed E-state index contributed by atoms with van der Waals surface area (Å²) in [6.45, 7) is 5.69. The van der Waals surface area contributed by atoms with Crippen LogP contribution in [0.15, 0.2) is 52.3 Å². The van der Waals surface area contributed by atoms with Gasteiger partial charge in [-0.1, -0.05) is 42.9 Å². The molecular formula is C35H36ClN3O8S2. The van der Waals surface area contributed by atoms with Gasteiger partial charge in [0.25, 0.3) is 5.91 Å². The Hall–Kier alpha value is -3.81. The highest BCUT2D eigenvalue weighted by molar-refractivity contribution is 8.00. The van der Waals surface area contributed by atoms with Crippen LogP contribution in [-0.4, -0.2) is 63.2 Å². The molecule has 11 nitrogen and oxygen atoms in total. The molecule has 2 aliphatic heterocycles. The van der Waals surface area contributed by atoms with E-state index in [-0.39, 0.29) is 70.5 Å². The number of carboxylic acid groups (broad SMARTS) is 1. The molecule has 3 N–H and O–H groups in total. The van der Waals surface area contributed by atoms with Crippen LogP contribution >= 0.6 is 34.7 Å². The maximum absolute atomic E-state index is 14.0. The maximum Gasteiger partial charge on any atom is 0.326 e. The molecule has 3 amide bonds. The van der Waals surface area contributed by atoms with Gasteiger partial charge >= 0.3 is 10.8 Å². The van der Waals surface area contributed by atoms with Crippen molar-refractivity contribution >= 4 is 64.1 Å². The second-order valence-electron chi connectivity index (χ2n) is 13.5. The van der Waals surface area contributed by atoms with Crippen LogP contribution in [0.3, 0.4) is 0 Å². The lowest BCUT2D eigenvalue weighted by molar-refractivity contribution is -0.156. The van der Waals surface area contributed by atoms with Gasteiger partial charge in [-0.2, -0.15) is 0 Å². The number of likely N-dealkylation sites (tertiary alicyclic amines) is 1. The number of nitrogens with one attached hydrogen (secondary N) is 2. The monoisotopic (exact) mass is 725 g/mol. The zero-order chi connectivity index (χ0) is 34.7. The molecule has 3 heterocycles. The number of H-pyrrole nitrogens is 1. The molecule has 2 aromatic carbocycles. The number of carbonyl (C=O) groups excluding carboxylic acids is 3. The fourth-order valence-electron chi connectivity index (χ4n) is 8.46. The molecule has 1 saturated heterocycles. The minimum atomic E-state index is -1.19. The molecule has 4 aliphatic rings. The number of aromatic nitrogens is 1. The summed E-state index contributed by atoms with van der Waals surface area (Å²) in [7, 11) is 0. The number of fused-ring (bicyclic) bond motifs is 9. The summed E-state index contributed by atoms with van der Waals surface area (Å²) in [5, 5.41) is 14.1. The molecule has 7 rings (SSSR count). The SMILES string of the molecule is CCOc1cc([C@H]2c3sc(=O)[nH]c3SC3C4CC(C5C(=O)N(C(CC(C)C)C(=O)O)C(=O)C45)C32)ccc1OCC(=O)Nc1ccc(Cl)cc1. The van der Waals surface area contributed by atoms with Crippen LogP contribution < -0.4 is 19.7 Å². The van der Waals surface area contributed by atoms with Gasteiger partial charge in [0, 0.05) is 26.8 Å². The Morgan fingerprint density at radius 1 is 1.04 bits per heavy atom. The molecule has 14 heteroatoms. The average Bonchev–Trinajstić information content (AvgIpc) is 3.79. The predicted octanol–water partition coefficient (Wildman–Crippen LogP) is 5.48. The number of rotatable bonds is 11. The van der Waals surface area contributed by atoms with Crippen LogP contribution in [0.25, 0.3) is 0 Å². The zero-order valence-corrected chi connectivity index (χ0v) is 29.4. The molecular weight excluding hydrogens is 690 g/mol. The number of carboxylic acids is 1. The summed E-state index contributed by atoms with van der Waals surface area (Å²) in [5.41, 5.74) is 1.45. The van der Waals surface area contributed by atoms with Crippen molar-refractivity contribution in [2.45, 2.75) is 55.8 Å². The number of hydrogen-bond acceptors (Lipinski definition) is 9. The number of aromatic amines is 1. The average molecular weight is 726 g/mol. The van der Waals surface area contributed by atoms with E-state index >= 15 is 0 Å². The lowest BCUT2D eigenvalue weighted by Crippen LogP contribution is -2.47. The first kappa shape index (κ1) is 33.7. The van der Waals surface area contributed by atoms with Crippen molar-refractivity contribution in [3.63, 3.8) is 0 Å². The van der Waals surface area contributed by atoms with E-state index in [1.54, 1.807) is 42.1 Å². The van der Waals surface area contributed by atoms with Crippen LogP contribution in [0, 0.1) is 35.5 Å². The number of thiazole rings is 1. The van der Waals surface area contributed by atoms with E-state index in [2.05, 4.69) is 10.3 Å². The van der Waals surface area contributed by atoms with Crippen LogP contribution in [0.1, 0.15) is 50.0 Å². The molecule has 3 aromatic rings. The van der Waals surface area contributed by atoms with Crippen molar-refractivity contribution in [1.82, 2.24) is 9.88 Å². The highest BCUT2D eigenvalue weighted by Gasteiger charge is 2.70. The number of anilines is 1. The Morgan fingerprint density at radius 3 is 2.43 bits per heavy atom. The van der Waals surface area contributed by atoms with Crippen LogP contribution in [0.2, 0.25) is 5.02 Å². The van der Waals surface area contributed by atoms with Gasteiger partial charge in [0.15, 0.2) is 18.1 Å². The van der Waals surface area contributed by atoms with Gasteiger partial charge in [-0.25, -0.2) is 4.79 Å². The number of imide groups is 1. The van der Waals surface area contributed by atoms with E-state index in [0.717, 1.165) is 31.7 Å². The second kappa shape index (κ2) is 13.1. The molecule has 49 heavy (non-hydrogen) atoms. The van der Waals surface area contributed by atoms with Crippen molar-refractivity contribution in [2.75, 3.05) is 18.5 Å². The number of thioether (sulfide) groups is 1. The molecule has 7 unspecified atom stereocenters. The third-order valence-corrected chi connectivity index (χ3v) is 13.0. The molecule has 8 atom stereocenters. The Bertz CT molecular complexity index is 1880. The van der Waals surface area contributed by atoms with E-state index in [1.165, 1.54) is 0 Å². The number of benzene rings is 2. The predicted molar refractivity (Wildman–Crippen MR) is 184 cm³/mol. The van der Waals surface area contributed by atoms with Gasteiger partial charge in [-0.05, 0) is 85.4 Å². The Morgan fingerprint density at radius 2 is 1.76 bits per heavy atom. The molecule has 3 fully saturated rings. The van der Waals surface area contributed by atoms with Gasteiger partial charge in [0.2, 0.25) is 11.8 Å². The third kappa shape index (κ3) is 5.93. The van der Waals surface area contributed by atoms with Crippen molar-refractivity contribution in [3.8, 4) is 11.5 Å². The van der Waals surface area contributed by atoms with Gasteiger partial charge in [0.1, 0.15) is 6.04 Å². The highest BCUT2D eigenvalue weighted by Crippen LogP contribution is 2.68. The number of carbonyl (C=O) groups is 4. The number of amides is 3. The van der Waals surface area contributed by atoms with E-state index in [1.807, 2.05) is 32.9 Å². The standard InChI is InChI=1S/C35H36ClN3O8S2/c1-4-46-23-12-16(5-10-22(23)47-14-24(40)37-18-8-6-17(36)7-9-18)25-26-19-13-20(29(26)48-31-30(25)49-35(45)38-31)28-27(19)32(41)39(33(28)42)21(34(43)44)11-15(2)3/h5-10,12,15,19-21,25-29H,4,11,13-14H2,1-3H3,(H,37,40)(H,38,45)(H,43,44)/t19?,20?,21?,25-,26?,27?,28?,29?/m1/s1. The Kier molecular flexibility index (Phi) is 9.03. The van der Waals surface area contributed by atoms with E-state index in [4.69, 9.17) is 21.1 Å². The van der Waals surface area contributed by atoms with E-state index < -0.39 is 23.8 Å². The molecule has 2 aliphatic carbocycles. The summed E-state index contributed by atoms with van der Waals surface area (Å²) < 4.78 is 11.9. The fourth-order valence-corrected chi connectivity index (χ4v) is 11.5. The molecule has 0 radical (unpaired) electrons. The number of hydrogen-bond donors (Lipinski definition) is 3. The third-order valence-electron chi connectivity index (χ3n) is 10.2. The minimum Gasteiger partial charge on any atom is -0.490 e. The molecule has 258 valence electrons. The Balaban J connectivity index is 1.19. The normalized spacial score (nSPS) is 27.1. The summed E-state index contributed by atoms with van der Waals surface area (Å²) in [4.78, 5) is 70.3. The number of ether oxygens (including phenoxy) is 2. The largest absolute Gasteiger partial charge is 0.490 e. The van der Waals surface area contributed by atoms with Crippen molar-refractivity contribution in [3.05, 3.63) is 67.6 Å². The summed E-state index contributed by atoms with van der Waals surface area (Å²) in [5.74, 6) is -3.30. The van der Waals surface area contributed by atoms with Gasteiger partial charge < -0.3 is 24.9 Å². The fraction of sp³-hybridized carbons (Fsp3) is 0.457. The van der Waals surface area contributed by atoms with Gasteiger partial charge in [0.05, 0.1) is 23.5 Å². The lowest BCUT2D eigenvalue weighted by Gasteiger charge is -2.43. The first-order chi connectivity index (χ1) is 23.5. The molecule has 2 saturated carbocycles. The minimum absolute atomic E-state index is 0.0152. The number of nitrogens with zero attached hydrogens (tertiary/aromatic N) is 1. The van der Waals surface area contributed by atoms with E-state index in [9.17, 15) is 29.1 Å². The first-order valence-corrected chi connectivity index (χ1v) is 18.5.